The first-order valence-corrected chi connectivity index (χ1v) is 14.2. The molecule has 4 fully saturated rings. The molecule has 0 aromatic heterocycles. The lowest BCUT2D eigenvalue weighted by molar-refractivity contribution is -0.259. The van der Waals surface area contributed by atoms with Crippen LogP contribution in [0, 0.1) is 50.2 Å². The summed E-state index contributed by atoms with van der Waals surface area (Å²) in [6.45, 7) is 12.7. The Morgan fingerprint density at radius 2 is 1.44 bits per heavy atom. The van der Waals surface area contributed by atoms with Crippen LogP contribution in [0.3, 0.4) is 0 Å². The molecule has 0 bridgehead atoms. The third kappa shape index (κ3) is 2.95. The van der Waals surface area contributed by atoms with Crippen LogP contribution in [0.15, 0.2) is 11.6 Å². The number of allylic oxidation sites excluding steroid dienone is 2. The summed E-state index contributed by atoms with van der Waals surface area (Å²) in [4.78, 5) is 0. The molecule has 36 heavy (non-hydrogen) atoms. The minimum Gasteiger partial charge on any atom is -0.396 e. The maximum absolute atomic E-state index is 11.8. The van der Waals surface area contributed by atoms with E-state index in [1.165, 1.54) is 5.57 Å². The van der Waals surface area contributed by atoms with Crippen molar-refractivity contribution in [1.82, 2.24) is 0 Å². The smallest absolute Gasteiger partial charge is 0.0913 e. The molecular formula is C30H50O6. The van der Waals surface area contributed by atoms with Crippen molar-refractivity contribution in [2.24, 2.45) is 50.2 Å². The fourth-order valence-corrected chi connectivity index (χ4v) is 10.9. The average molecular weight is 507 g/mol. The van der Waals surface area contributed by atoms with Crippen molar-refractivity contribution in [3.63, 3.8) is 0 Å². The number of aliphatic hydroxyl groups is 6. The van der Waals surface area contributed by atoms with E-state index in [4.69, 9.17) is 0 Å². The second kappa shape index (κ2) is 8.02. The maximum atomic E-state index is 11.8. The molecule has 0 amide bonds. The summed E-state index contributed by atoms with van der Waals surface area (Å²) in [5.74, 6) is 0.367. The van der Waals surface area contributed by atoms with Crippen LogP contribution in [0.5, 0.6) is 0 Å². The van der Waals surface area contributed by atoms with Crippen molar-refractivity contribution in [2.45, 2.75) is 111 Å². The Morgan fingerprint density at radius 3 is 2.06 bits per heavy atom. The van der Waals surface area contributed by atoms with Crippen molar-refractivity contribution in [1.29, 1.82) is 0 Å². The SMILES string of the molecule is CC1(C)C[C@H]2C3=CC[C@@H]4[C@@]5(C)CC[C@H](O)[C@@](C)(CO)[C@H]5CC[C@@]4(C)[C@]3(C)C[C@@H](O)[C@@]2(CO)[C@@H](O)[C@@H]1O. The van der Waals surface area contributed by atoms with E-state index in [1.54, 1.807) is 0 Å². The summed E-state index contributed by atoms with van der Waals surface area (Å²) in [5, 5.41) is 66.1. The highest BCUT2D eigenvalue weighted by Gasteiger charge is 2.72. The zero-order valence-corrected chi connectivity index (χ0v) is 23.2. The summed E-state index contributed by atoms with van der Waals surface area (Å²) >= 11 is 0. The zero-order chi connectivity index (χ0) is 26.7. The van der Waals surface area contributed by atoms with E-state index < -0.39 is 40.7 Å². The van der Waals surface area contributed by atoms with Gasteiger partial charge in [-0.25, -0.2) is 0 Å². The first-order valence-electron chi connectivity index (χ1n) is 14.2. The molecule has 5 aliphatic carbocycles. The van der Waals surface area contributed by atoms with Crippen molar-refractivity contribution in [2.75, 3.05) is 13.2 Å². The summed E-state index contributed by atoms with van der Waals surface area (Å²) in [6, 6.07) is 0. The second-order valence-corrected chi connectivity index (χ2v) is 15.1. The Hall–Kier alpha value is -0.500. The normalized spacial score (nSPS) is 58.1. The van der Waals surface area contributed by atoms with Crippen LogP contribution in [0.25, 0.3) is 0 Å². The van der Waals surface area contributed by atoms with Gasteiger partial charge in [0.1, 0.15) is 0 Å². The highest BCUT2D eigenvalue weighted by molar-refractivity contribution is 5.36. The van der Waals surface area contributed by atoms with Crippen LogP contribution < -0.4 is 0 Å². The van der Waals surface area contributed by atoms with Gasteiger partial charge in [0.2, 0.25) is 0 Å². The minimum atomic E-state index is -1.19. The van der Waals surface area contributed by atoms with Gasteiger partial charge in [0.25, 0.3) is 0 Å². The van der Waals surface area contributed by atoms with E-state index in [9.17, 15) is 30.6 Å². The van der Waals surface area contributed by atoms with Gasteiger partial charge >= 0.3 is 0 Å². The molecule has 0 aromatic rings. The predicted molar refractivity (Wildman–Crippen MR) is 138 cm³/mol. The molecule has 0 aromatic carbocycles. The molecule has 0 saturated heterocycles. The highest BCUT2D eigenvalue weighted by atomic mass is 16.3. The molecule has 0 aliphatic heterocycles. The summed E-state index contributed by atoms with van der Waals surface area (Å²) in [6.07, 6.45) is 4.21. The molecule has 6 N–H and O–H groups in total. The maximum Gasteiger partial charge on any atom is 0.0913 e. The Labute approximate surface area is 216 Å². The number of hydrogen-bond donors (Lipinski definition) is 6. The lowest BCUT2D eigenvalue weighted by Gasteiger charge is -2.72. The van der Waals surface area contributed by atoms with E-state index >= 15 is 0 Å². The lowest BCUT2D eigenvalue weighted by Crippen LogP contribution is -2.71. The largest absolute Gasteiger partial charge is 0.396 e. The van der Waals surface area contributed by atoms with Gasteiger partial charge in [0, 0.05) is 5.41 Å². The van der Waals surface area contributed by atoms with Gasteiger partial charge in [-0.1, -0.05) is 53.2 Å². The molecular weight excluding hydrogens is 456 g/mol. The molecule has 5 aliphatic rings. The quantitative estimate of drug-likeness (QED) is 0.320. The van der Waals surface area contributed by atoms with E-state index in [2.05, 4.69) is 33.8 Å². The first-order chi connectivity index (χ1) is 16.6. The Kier molecular flexibility index (Phi) is 6.03. The number of hydrogen-bond acceptors (Lipinski definition) is 6. The van der Waals surface area contributed by atoms with E-state index in [-0.39, 0.29) is 41.3 Å². The fraction of sp³-hybridized carbons (Fsp3) is 0.933. The van der Waals surface area contributed by atoms with Crippen LogP contribution in [0.2, 0.25) is 0 Å². The Bertz CT molecular complexity index is 932. The van der Waals surface area contributed by atoms with Crippen molar-refractivity contribution >= 4 is 0 Å². The molecule has 5 rings (SSSR count). The molecule has 12 atom stereocenters. The van der Waals surface area contributed by atoms with Gasteiger partial charge in [0.15, 0.2) is 0 Å². The number of fused-ring (bicyclic) bond motifs is 7. The van der Waals surface area contributed by atoms with Crippen molar-refractivity contribution in [3.8, 4) is 0 Å². The summed E-state index contributed by atoms with van der Waals surface area (Å²) < 4.78 is 0. The van der Waals surface area contributed by atoms with Gasteiger partial charge in [-0.15, -0.1) is 0 Å². The van der Waals surface area contributed by atoms with E-state index in [0.29, 0.717) is 25.2 Å². The Morgan fingerprint density at radius 1 is 0.778 bits per heavy atom. The molecule has 0 radical (unpaired) electrons. The van der Waals surface area contributed by atoms with Gasteiger partial charge < -0.3 is 30.6 Å². The van der Waals surface area contributed by atoms with Crippen LogP contribution in [-0.4, -0.2) is 68.3 Å². The van der Waals surface area contributed by atoms with Gasteiger partial charge in [-0.2, -0.15) is 0 Å². The molecule has 0 heterocycles. The molecule has 6 nitrogen and oxygen atoms in total. The third-order valence-electron chi connectivity index (χ3n) is 13.5. The van der Waals surface area contributed by atoms with Crippen LogP contribution in [0.4, 0.5) is 0 Å². The topological polar surface area (TPSA) is 121 Å². The molecule has 6 heteroatoms. The molecule has 206 valence electrons. The molecule has 0 unspecified atom stereocenters. The monoisotopic (exact) mass is 506 g/mol. The van der Waals surface area contributed by atoms with Crippen LogP contribution in [-0.2, 0) is 0 Å². The van der Waals surface area contributed by atoms with Crippen LogP contribution in [0.1, 0.15) is 86.5 Å². The highest BCUT2D eigenvalue weighted by Crippen LogP contribution is 2.75. The Balaban J connectivity index is 1.63. The predicted octanol–water partition coefficient (Wildman–Crippen LogP) is 3.03. The second-order valence-electron chi connectivity index (χ2n) is 15.1. The summed E-state index contributed by atoms with van der Waals surface area (Å²) in [5.41, 5.74) is -1.40. The van der Waals surface area contributed by atoms with Crippen molar-refractivity contribution < 1.29 is 30.6 Å². The summed E-state index contributed by atoms with van der Waals surface area (Å²) in [7, 11) is 0. The average Bonchev–Trinajstić information content (AvgIpc) is 2.81. The number of rotatable bonds is 2. The van der Waals surface area contributed by atoms with Gasteiger partial charge in [-0.05, 0) is 84.4 Å². The van der Waals surface area contributed by atoms with Crippen LogP contribution >= 0.6 is 0 Å². The van der Waals surface area contributed by atoms with E-state index in [1.807, 2.05) is 13.8 Å². The third-order valence-corrected chi connectivity index (χ3v) is 13.5. The molecule has 0 spiro atoms. The van der Waals surface area contributed by atoms with E-state index in [0.717, 1.165) is 25.7 Å². The zero-order valence-electron chi connectivity index (χ0n) is 23.2. The fourth-order valence-electron chi connectivity index (χ4n) is 10.9. The lowest BCUT2D eigenvalue weighted by atomic mass is 9.33. The van der Waals surface area contributed by atoms with Gasteiger partial charge in [-0.3, -0.25) is 0 Å². The van der Waals surface area contributed by atoms with Crippen molar-refractivity contribution in [3.05, 3.63) is 11.6 Å². The number of aliphatic hydroxyl groups excluding tert-OH is 6. The van der Waals surface area contributed by atoms with Gasteiger partial charge in [0.05, 0.1) is 43.0 Å². The minimum absolute atomic E-state index is 0.00861. The first kappa shape index (κ1) is 27.1. The molecule has 4 saturated carbocycles. The standard InChI is InChI=1S/C30H50O6/c1-25(2)13-18-17-7-8-20-26(3)11-10-21(33)27(4,15-31)19(26)9-12-28(20,5)29(17,6)14-22(34)30(18,16-32)24(36)23(25)35/h7,18-24,31-36H,8-16H2,1-6H3/t18-,19-,20+,21-,22+,23-,24-,26-,27-,28+,29+,30-/m0/s1.